The average molecular weight is 266 g/mol. The summed E-state index contributed by atoms with van der Waals surface area (Å²) in [6.07, 6.45) is 0. The fraction of sp³-hybridized carbons (Fsp3) is 0.500. The van der Waals surface area contributed by atoms with Gasteiger partial charge in [-0.15, -0.1) is 0 Å². The van der Waals surface area contributed by atoms with E-state index in [1.807, 2.05) is 37.3 Å². The predicted octanol–water partition coefficient (Wildman–Crippen LogP) is 3.03. The molecule has 0 aliphatic heterocycles. The van der Waals surface area contributed by atoms with Gasteiger partial charge in [0.05, 0.1) is 12.6 Å². The van der Waals surface area contributed by atoms with Gasteiger partial charge in [-0.2, -0.15) is 0 Å². The maximum atomic E-state index is 5.46. The van der Waals surface area contributed by atoms with E-state index in [1.165, 1.54) is 0 Å². The highest BCUT2D eigenvalue weighted by Crippen LogP contribution is 2.06. The zero-order valence-electron chi connectivity index (χ0n) is 11.3. The zero-order valence-corrected chi connectivity index (χ0v) is 12.1. The SMILES string of the molecule is CCOCC(NC(=S)Nc1ccccc1)C(C)C. The van der Waals surface area contributed by atoms with E-state index in [1.54, 1.807) is 0 Å². The van der Waals surface area contributed by atoms with Crippen molar-refractivity contribution in [3.63, 3.8) is 0 Å². The quantitative estimate of drug-likeness (QED) is 0.775. The number of para-hydroxylation sites is 1. The first-order valence-corrected chi connectivity index (χ1v) is 6.74. The van der Waals surface area contributed by atoms with Gasteiger partial charge in [0.2, 0.25) is 0 Å². The first kappa shape index (κ1) is 14.9. The summed E-state index contributed by atoms with van der Waals surface area (Å²) in [6, 6.07) is 10.1. The van der Waals surface area contributed by atoms with Gasteiger partial charge in [-0.3, -0.25) is 0 Å². The van der Waals surface area contributed by atoms with Gasteiger partial charge >= 0.3 is 0 Å². The van der Waals surface area contributed by atoms with Crippen molar-refractivity contribution >= 4 is 23.0 Å². The fourth-order valence-corrected chi connectivity index (χ4v) is 1.77. The minimum atomic E-state index is 0.230. The Labute approximate surface area is 115 Å². The molecule has 3 nitrogen and oxygen atoms in total. The van der Waals surface area contributed by atoms with Gasteiger partial charge in [0.1, 0.15) is 0 Å². The smallest absolute Gasteiger partial charge is 0.171 e. The topological polar surface area (TPSA) is 33.3 Å². The molecule has 0 bridgehead atoms. The van der Waals surface area contributed by atoms with Crippen LogP contribution in [0.25, 0.3) is 0 Å². The van der Waals surface area contributed by atoms with Gasteiger partial charge in [-0.05, 0) is 37.2 Å². The largest absolute Gasteiger partial charge is 0.380 e. The van der Waals surface area contributed by atoms with Gasteiger partial charge < -0.3 is 15.4 Å². The first-order chi connectivity index (χ1) is 8.63. The summed E-state index contributed by atoms with van der Waals surface area (Å²) < 4.78 is 5.46. The van der Waals surface area contributed by atoms with Crippen LogP contribution in [0.15, 0.2) is 30.3 Å². The zero-order chi connectivity index (χ0) is 13.4. The summed E-state index contributed by atoms with van der Waals surface area (Å²) in [4.78, 5) is 0. The van der Waals surface area contributed by atoms with Crippen LogP contribution in [0.4, 0.5) is 5.69 Å². The lowest BCUT2D eigenvalue weighted by Crippen LogP contribution is -2.43. The number of hydrogen-bond donors (Lipinski definition) is 2. The molecule has 100 valence electrons. The van der Waals surface area contributed by atoms with Crippen LogP contribution in [0.1, 0.15) is 20.8 Å². The third-order valence-electron chi connectivity index (χ3n) is 2.65. The Morgan fingerprint density at radius 1 is 1.28 bits per heavy atom. The number of rotatable bonds is 6. The van der Waals surface area contributed by atoms with E-state index in [0.29, 0.717) is 17.6 Å². The highest BCUT2D eigenvalue weighted by atomic mass is 32.1. The van der Waals surface area contributed by atoms with Crippen LogP contribution < -0.4 is 10.6 Å². The lowest BCUT2D eigenvalue weighted by atomic mass is 10.1. The van der Waals surface area contributed by atoms with Crippen LogP contribution in [-0.2, 0) is 4.74 Å². The molecule has 0 saturated heterocycles. The maximum Gasteiger partial charge on any atom is 0.171 e. The summed E-state index contributed by atoms with van der Waals surface area (Å²) in [7, 11) is 0. The Morgan fingerprint density at radius 3 is 2.50 bits per heavy atom. The molecule has 18 heavy (non-hydrogen) atoms. The van der Waals surface area contributed by atoms with Crippen LogP contribution in [0.5, 0.6) is 0 Å². The maximum absolute atomic E-state index is 5.46. The lowest BCUT2D eigenvalue weighted by molar-refractivity contribution is 0.115. The monoisotopic (exact) mass is 266 g/mol. The predicted molar refractivity (Wildman–Crippen MR) is 80.9 cm³/mol. The Bertz CT molecular complexity index is 354. The molecule has 0 heterocycles. The molecule has 0 saturated carbocycles. The van der Waals surface area contributed by atoms with E-state index in [0.717, 1.165) is 12.3 Å². The van der Waals surface area contributed by atoms with Gasteiger partial charge in [0.15, 0.2) is 5.11 Å². The molecule has 4 heteroatoms. The normalized spacial score (nSPS) is 12.2. The number of ether oxygens (including phenoxy) is 1. The van der Waals surface area contributed by atoms with Crippen molar-refractivity contribution in [2.45, 2.75) is 26.8 Å². The molecule has 0 amide bonds. The summed E-state index contributed by atoms with van der Waals surface area (Å²) in [5, 5.41) is 7.10. The molecule has 1 unspecified atom stereocenters. The van der Waals surface area contributed by atoms with Gasteiger partial charge in [0, 0.05) is 12.3 Å². The third-order valence-corrected chi connectivity index (χ3v) is 2.87. The number of hydrogen-bond acceptors (Lipinski definition) is 2. The van der Waals surface area contributed by atoms with Crippen LogP contribution >= 0.6 is 12.2 Å². The molecule has 0 spiro atoms. The second kappa shape index (κ2) is 8.06. The molecule has 0 aromatic heterocycles. The molecule has 0 aliphatic carbocycles. The molecule has 1 rings (SSSR count). The van der Waals surface area contributed by atoms with E-state index < -0.39 is 0 Å². The minimum absolute atomic E-state index is 0.230. The third kappa shape index (κ3) is 5.47. The van der Waals surface area contributed by atoms with Crippen molar-refractivity contribution in [3.8, 4) is 0 Å². The fourth-order valence-electron chi connectivity index (χ4n) is 1.50. The van der Waals surface area contributed by atoms with Crippen LogP contribution in [0.2, 0.25) is 0 Å². The molecule has 2 N–H and O–H groups in total. The molecule has 1 atom stereocenters. The number of anilines is 1. The van der Waals surface area contributed by atoms with E-state index >= 15 is 0 Å². The number of thiocarbonyl (C=S) groups is 1. The Hall–Kier alpha value is -1.13. The summed E-state index contributed by atoms with van der Waals surface area (Å²) in [5.41, 5.74) is 0.994. The van der Waals surface area contributed by atoms with E-state index in [9.17, 15) is 0 Å². The van der Waals surface area contributed by atoms with Crippen molar-refractivity contribution in [2.24, 2.45) is 5.92 Å². The highest BCUT2D eigenvalue weighted by Gasteiger charge is 2.14. The summed E-state index contributed by atoms with van der Waals surface area (Å²) in [6.45, 7) is 7.70. The van der Waals surface area contributed by atoms with Crippen molar-refractivity contribution in [3.05, 3.63) is 30.3 Å². The van der Waals surface area contributed by atoms with Gasteiger partial charge in [-0.25, -0.2) is 0 Å². The van der Waals surface area contributed by atoms with Gasteiger partial charge in [0.25, 0.3) is 0 Å². The molecule has 0 radical (unpaired) electrons. The molecular formula is C14H22N2OS. The summed E-state index contributed by atoms with van der Waals surface area (Å²) >= 11 is 5.30. The Balaban J connectivity index is 2.46. The Kier molecular flexibility index (Phi) is 6.68. The lowest BCUT2D eigenvalue weighted by Gasteiger charge is -2.24. The average Bonchev–Trinajstić information content (AvgIpc) is 2.35. The first-order valence-electron chi connectivity index (χ1n) is 6.33. The van der Waals surface area contributed by atoms with E-state index in [2.05, 4.69) is 24.5 Å². The van der Waals surface area contributed by atoms with E-state index in [-0.39, 0.29) is 6.04 Å². The van der Waals surface area contributed by atoms with Crippen molar-refractivity contribution in [1.29, 1.82) is 0 Å². The van der Waals surface area contributed by atoms with Crippen molar-refractivity contribution in [2.75, 3.05) is 18.5 Å². The number of nitrogens with one attached hydrogen (secondary N) is 2. The molecule has 0 fully saturated rings. The summed E-state index contributed by atoms with van der Waals surface area (Å²) in [5.74, 6) is 0.465. The van der Waals surface area contributed by atoms with E-state index in [4.69, 9.17) is 17.0 Å². The standard InChI is InChI=1S/C14H22N2OS/c1-4-17-10-13(11(2)3)16-14(18)15-12-8-6-5-7-9-12/h5-9,11,13H,4,10H2,1-3H3,(H2,15,16,18). The molecule has 1 aromatic carbocycles. The molecular weight excluding hydrogens is 244 g/mol. The van der Waals surface area contributed by atoms with Crippen LogP contribution in [0, 0.1) is 5.92 Å². The Morgan fingerprint density at radius 2 is 1.94 bits per heavy atom. The van der Waals surface area contributed by atoms with Crippen molar-refractivity contribution < 1.29 is 4.74 Å². The second-order valence-electron chi connectivity index (χ2n) is 4.47. The second-order valence-corrected chi connectivity index (χ2v) is 4.88. The molecule has 0 aliphatic rings. The highest BCUT2D eigenvalue weighted by molar-refractivity contribution is 7.80. The van der Waals surface area contributed by atoms with Gasteiger partial charge in [-0.1, -0.05) is 32.0 Å². The van der Waals surface area contributed by atoms with Crippen molar-refractivity contribution in [1.82, 2.24) is 5.32 Å². The number of benzene rings is 1. The molecule has 1 aromatic rings. The van der Waals surface area contributed by atoms with Crippen LogP contribution in [0.3, 0.4) is 0 Å². The minimum Gasteiger partial charge on any atom is -0.380 e. The van der Waals surface area contributed by atoms with Crippen LogP contribution in [-0.4, -0.2) is 24.4 Å².